The molecule has 0 aromatic heterocycles. The van der Waals surface area contributed by atoms with Gasteiger partial charge in [0.1, 0.15) is 6.10 Å². The number of hydrogen-bond donors (Lipinski definition) is 1. The zero-order valence-corrected chi connectivity index (χ0v) is 11.2. The topological polar surface area (TPSA) is 24.5 Å². The molecule has 1 aromatic rings. The summed E-state index contributed by atoms with van der Waals surface area (Å²) in [6.07, 6.45) is 6.41. The average molecular weight is 246 g/mol. The summed E-state index contributed by atoms with van der Waals surface area (Å²) in [6.45, 7) is 1.82. The first kappa shape index (κ1) is 13.0. The molecule has 98 valence electrons. The Balaban J connectivity index is 1.93. The van der Waals surface area contributed by atoms with Crippen molar-refractivity contribution in [1.29, 1.82) is 0 Å². The summed E-state index contributed by atoms with van der Waals surface area (Å²) in [5.41, 5.74) is 2.54. The van der Waals surface area contributed by atoms with Crippen molar-refractivity contribution in [2.75, 3.05) is 26.0 Å². The van der Waals surface area contributed by atoms with Crippen molar-refractivity contribution in [2.45, 2.75) is 25.5 Å². The van der Waals surface area contributed by atoms with Crippen LogP contribution in [-0.4, -0.2) is 31.6 Å². The number of allylic oxidation sites excluding steroid dienone is 1. The molecule has 18 heavy (non-hydrogen) atoms. The molecule has 1 unspecified atom stereocenters. The van der Waals surface area contributed by atoms with E-state index >= 15 is 0 Å². The van der Waals surface area contributed by atoms with Crippen molar-refractivity contribution in [3.8, 4) is 0 Å². The van der Waals surface area contributed by atoms with Gasteiger partial charge in [0, 0.05) is 12.2 Å². The zero-order chi connectivity index (χ0) is 12.8. The third-order valence-corrected chi connectivity index (χ3v) is 3.05. The van der Waals surface area contributed by atoms with Crippen LogP contribution in [0.4, 0.5) is 5.69 Å². The molecule has 1 aliphatic heterocycles. The highest BCUT2D eigenvalue weighted by Crippen LogP contribution is 2.18. The summed E-state index contributed by atoms with van der Waals surface area (Å²) >= 11 is 0. The number of ether oxygens (including phenoxy) is 1. The Morgan fingerprint density at radius 1 is 1.33 bits per heavy atom. The third-order valence-electron chi connectivity index (χ3n) is 3.05. The van der Waals surface area contributed by atoms with Gasteiger partial charge in [-0.2, -0.15) is 0 Å². The van der Waals surface area contributed by atoms with Crippen molar-refractivity contribution in [3.63, 3.8) is 0 Å². The molecular weight excluding hydrogens is 224 g/mol. The van der Waals surface area contributed by atoms with Crippen LogP contribution in [0.2, 0.25) is 0 Å². The van der Waals surface area contributed by atoms with Crippen LogP contribution in [-0.2, 0) is 11.3 Å². The van der Waals surface area contributed by atoms with Crippen molar-refractivity contribution in [2.24, 2.45) is 0 Å². The molecule has 1 N–H and O–H groups in total. The van der Waals surface area contributed by atoms with E-state index in [0.29, 0.717) is 6.10 Å². The Kier molecular flexibility index (Phi) is 4.65. The Hall–Kier alpha value is -1.48. The van der Waals surface area contributed by atoms with Crippen LogP contribution in [0.15, 0.2) is 36.6 Å². The van der Waals surface area contributed by atoms with E-state index in [1.807, 2.05) is 6.26 Å². The molecular formula is C15H22N2O. The molecule has 0 saturated carbocycles. The summed E-state index contributed by atoms with van der Waals surface area (Å²) in [5.74, 6) is 0. The second kappa shape index (κ2) is 6.45. The van der Waals surface area contributed by atoms with Crippen LogP contribution in [0.1, 0.15) is 18.4 Å². The highest BCUT2D eigenvalue weighted by atomic mass is 16.5. The molecule has 0 bridgehead atoms. The molecule has 0 saturated heterocycles. The molecule has 0 amide bonds. The highest BCUT2D eigenvalue weighted by Gasteiger charge is 2.11. The lowest BCUT2D eigenvalue weighted by Crippen LogP contribution is -2.23. The number of rotatable bonds is 5. The SMILES string of the molecule is CN(C)Cc1ccccc1NCC1CCC=CO1. The predicted molar refractivity (Wildman–Crippen MR) is 75.6 cm³/mol. The van der Waals surface area contributed by atoms with Crippen molar-refractivity contribution < 1.29 is 4.74 Å². The van der Waals surface area contributed by atoms with E-state index in [0.717, 1.165) is 25.9 Å². The van der Waals surface area contributed by atoms with Gasteiger partial charge in [-0.15, -0.1) is 0 Å². The van der Waals surface area contributed by atoms with Gasteiger partial charge in [0.25, 0.3) is 0 Å². The lowest BCUT2D eigenvalue weighted by molar-refractivity contribution is 0.135. The number of hydrogen-bond acceptors (Lipinski definition) is 3. The largest absolute Gasteiger partial charge is 0.497 e. The lowest BCUT2D eigenvalue weighted by atomic mass is 10.1. The van der Waals surface area contributed by atoms with Gasteiger partial charge in [-0.25, -0.2) is 0 Å². The number of nitrogens with zero attached hydrogens (tertiary/aromatic N) is 1. The molecule has 1 aromatic carbocycles. The maximum atomic E-state index is 5.57. The first-order valence-electron chi connectivity index (χ1n) is 6.52. The first-order chi connectivity index (χ1) is 8.75. The van der Waals surface area contributed by atoms with Crippen LogP contribution in [0.5, 0.6) is 0 Å². The quantitative estimate of drug-likeness (QED) is 0.864. The Morgan fingerprint density at radius 2 is 2.17 bits per heavy atom. The fourth-order valence-corrected chi connectivity index (χ4v) is 2.13. The van der Waals surface area contributed by atoms with Crippen LogP contribution >= 0.6 is 0 Å². The minimum Gasteiger partial charge on any atom is -0.497 e. The summed E-state index contributed by atoms with van der Waals surface area (Å²) in [5, 5.41) is 3.50. The number of nitrogens with one attached hydrogen (secondary N) is 1. The van der Waals surface area contributed by atoms with Crippen LogP contribution in [0.3, 0.4) is 0 Å². The van der Waals surface area contributed by atoms with Crippen molar-refractivity contribution >= 4 is 5.69 Å². The molecule has 0 aliphatic carbocycles. The van der Waals surface area contributed by atoms with Gasteiger partial charge in [-0.05, 0) is 44.6 Å². The minimum absolute atomic E-state index is 0.294. The van der Waals surface area contributed by atoms with E-state index in [4.69, 9.17) is 4.74 Å². The lowest BCUT2D eigenvalue weighted by Gasteiger charge is -2.22. The highest BCUT2D eigenvalue weighted by molar-refractivity contribution is 5.51. The smallest absolute Gasteiger partial charge is 0.115 e. The molecule has 3 nitrogen and oxygen atoms in total. The fourth-order valence-electron chi connectivity index (χ4n) is 2.13. The second-order valence-electron chi connectivity index (χ2n) is 4.98. The van der Waals surface area contributed by atoms with E-state index in [-0.39, 0.29) is 0 Å². The fraction of sp³-hybridized carbons (Fsp3) is 0.467. The molecule has 0 radical (unpaired) electrons. The van der Waals surface area contributed by atoms with Crippen LogP contribution in [0.25, 0.3) is 0 Å². The van der Waals surface area contributed by atoms with E-state index in [9.17, 15) is 0 Å². The van der Waals surface area contributed by atoms with Gasteiger partial charge < -0.3 is 15.0 Å². The molecule has 1 aliphatic rings. The average Bonchev–Trinajstić information content (AvgIpc) is 2.38. The van der Waals surface area contributed by atoms with Crippen molar-refractivity contribution in [3.05, 3.63) is 42.2 Å². The third kappa shape index (κ3) is 3.77. The standard InChI is InChI=1S/C15H22N2O/c1-17(2)12-13-7-3-4-9-15(13)16-11-14-8-5-6-10-18-14/h3-4,6-7,9-10,14,16H,5,8,11-12H2,1-2H3. The maximum absolute atomic E-state index is 5.57. The van der Waals surface area contributed by atoms with E-state index in [2.05, 4.69) is 54.7 Å². The van der Waals surface area contributed by atoms with Gasteiger partial charge >= 0.3 is 0 Å². The van der Waals surface area contributed by atoms with Gasteiger partial charge in [-0.3, -0.25) is 0 Å². The molecule has 2 rings (SSSR count). The molecule has 0 spiro atoms. The molecule has 3 heteroatoms. The summed E-state index contributed by atoms with van der Waals surface area (Å²) < 4.78 is 5.57. The molecule has 1 heterocycles. The number of para-hydroxylation sites is 1. The maximum Gasteiger partial charge on any atom is 0.115 e. The minimum atomic E-state index is 0.294. The van der Waals surface area contributed by atoms with Gasteiger partial charge in [0.05, 0.1) is 12.8 Å². The van der Waals surface area contributed by atoms with Gasteiger partial charge in [0.2, 0.25) is 0 Å². The number of benzene rings is 1. The monoisotopic (exact) mass is 246 g/mol. The van der Waals surface area contributed by atoms with Crippen molar-refractivity contribution in [1.82, 2.24) is 4.90 Å². The number of anilines is 1. The first-order valence-corrected chi connectivity index (χ1v) is 6.52. The van der Waals surface area contributed by atoms with Crippen LogP contribution < -0.4 is 5.32 Å². The van der Waals surface area contributed by atoms with Crippen LogP contribution in [0, 0.1) is 0 Å². The van der Waals surface area contributed by atoms with E-state index in [1.54, 1.807) is 0 Å². The molecule has 1 atom stereocenters. The van der Waals surface area contributed by atoms with Gasteiger partial charge in [0.15, 0.2) is 0 Å². The Morgan fingerprint density at radius 3 is 2.89 bits per heavy atom. The van der Waals surface area contributed by atoms with E-state index < -0.39 is 0 Å². The Bertz CT molecular complexity index is 401. The summed E-state index contributed by atoms with van der Waals surface area (Å²) in [6, 6.07) is 8.47. The van der Waals surface area contributed by atoms with Gasteiger partial charge in [-0.1, -0.05) is 18.2 Å². The predicted octanol–water partition coefficient (Wildman–Crippen LogP) is 2.85. The van der Waals surface area contributed by atoms with E-state index in [1.165, 1.54) is 11.3 Å². The second-order valence-corrected chi connectivity index (χ2v) is 4.98. The molecule has 0 fully saturated rings. The summed E-state index contributed by atoms with van der Waals surface area (Å²) in [4.78, 5) is 2.18. The zero-order valence-electron chi connectivity index (χ0n) is 11.2. The summed E-state index contributed by atoms with van der Waals surface area (Å²) in [7, 11) is 4.18. The Labute approximate surface area is 109 Å². The normalized spacial score (nSPS) is 18.7.